The Morgan fingerprint density at radius 1 is 1.00 bits per heavy atom. The smallest absolute Gasteiger partial charge is 0.119 e. The van der Waals surface area contributed by atoms with Crippen molar-refractivity contribution in [3.63, 3.8) is 0 Å². The number of ether oxygens (including phenoxy) is 1. The molecule has 4 aromatic rings. The summed E-state index contributed by atoms with van der Waals surface area (Å²) < 4.78 is 8.15. The van der Waals surface area contributed by atoms with Crippen molar-refractivity contribution in [1.82, 2.24) is 14.8 Å². The largest absolute Gasteiger partial charge is 0.489 e. The molecule has 0 bridgehead atoms. The Labute approximate surface area is 213 Å². The van der Waals surface area contributed by atoms with Gasteiger partial charge in [-0.2, -0.15) is 5.10 Å². The minimum atomic E-state index is 0.147. The summed E-state index contributed by atoms with van der Waals surface area (Å²) in [5.74, 6) is 1.24. The zero-order chi connectivity index (χ0) is 25.5. The summed E-state index contributed by atoms with van der Waals surface area (Å²) in [6.45, 7) is 8.35. The molecule has 0 aliphatic carbocycles. The fourth-order valence-corrected chi connectivity index (χ4v) is 4.71. The molecular formula is C30H36N4O2. The highest BCUT2D eigenvalue weighted by molar-refractivity contribution is 5.83. The SMILES string of the molecule is CCc1c(-c2ccc(OCc3ccc(C(C)C)c(CCO)c3)cc2)c(-c2ccncc2)nn1CCN. The lowest BCUT2D eigenvalue weighted by molar-refractivity contribution is 0.297. The number of pyridine rings is 1. The van der Waals surface area contributed by atoms with Crippen LogP contribution in [0.4, 0.5) is 0 Å². The fraction of sp³-hybridized carbons (Fsp3) is 0.333. The topological polar surface area (TPSA) is 86.2 Å². The Balaban J connectivity index is 1.58. The van der Waals surface area contributed by atoms with Crippen LogP contribution < -0.4 is 10.5 Å². The second kappa shape index (κ2) is 12.0. The summed E-state index contributed by atoms with van der Waals surface area (Å²) in [5.41, 5.74) is 14.8. The quantitative estimate of drug-likeness (QED) is 0.299. The highest BCUT2D eigenvalue weighted by Crippen LogP contribution is 2.35. The Hall–Kier alpha value is -3.48. The van der Waals surface area contributed by atoms with Gasteiger partial charge in [-0.1, -0.05) is 51.1 Å². The molecule has 2 aromatic heterocycles. The van der Waals surface area contributed by atoms with Crippen LogP contribution in [0.1, 0.15) is 49.1 Å². The molecule has 0 saturated carbocycles. The number of aliphatic hydroxyl groups is 1. The summed E-state index contributed by atoms with van der Waals surface area (Å²) in [7, 11) is 0. The number of nitrogens with two attached hydrogens (primary N) is 1. The molecule has 0 radical (unpaired) electrons. The molecule has 0 unspecified atom stereocenters. The second-order valence-electron chi connectivity index (χ2n) is 9.25. The zero-order valence-corrected chi connectivity index (χ0v) is 21.4. The van der Waals surface area contributed by atoms with E-state index >= 15 is 0 Å². The first kappa shape index (κ1) is 25.6. The van der Waals surface area contributed by atoms with Gasteiger partial charge in [-0.05, 0) is 65.3 Å². The van der Waals surface area contributed by atoms with Gasteiger partial charge in [0.25, 0.3) is 0 Å². The number of nitrogens with zero attached hydrogens (tertiary/aromatic N) is 3. The van der Waals surface area contributed by atoms with E-state index in [1.807, 2.05) is 28.9 Å². The number of benzene rings is 2. The van der Waals surface area contributed by atoms with Crippen LogP contribution in [-0.2, 0) is 26.0 Å². The maximum atomic E-state index is 9.46. The zero-order valence-electron chi connectivity index (χ0n) is 21.4. The molecule has 2 heterocycles. The molecule has 0 aliphatic heterocycles. The fourth-order valence-electron chi connectivity index (χ4n) is 4.71. The molecule has 4 rings (SSSR count). The molecule has 3 N–H and O–H groups in total. The van der Waals surface area contributed by atoms with Crippen LogP contribution in [0.5, 0.6) is 5.75 Å². The number of aliphatic hydroxyl groups excluding tert-OH is 1. The molecular weight excluding hydrogens is 448 g/mol. The Morgan fingerprint density at radius 3 is 2.39 bits per heavy atom. The van der Waals surface area contributed by atoms with Gasteiger partial charge in [0.2, 0.25) is 0 Å². The van der Waals surface area contributed by atoms with Crippen molar-refractivity contribution in [2.45, 2.75) is 52.7 Å². The third kappa shape index (κ3) is 5.66. The van der Waals surface area contributed by atoms with E-state index in [-0.39, 0.29) is 6.61 Å². The lowest BCUT2D eigenvalue weighted by atomic mass is 9.94. The first-order chi connectivity index (χ1) is 17.5. The standard InChI is InChI=1S/C30H36N4O2/c1-4-28-29(30(33-34(28)17-14-31)24-11-15-32-16-12-24)23-6-8-26(9-7-23)36-20-22-5-10-27(21(2)3)25(19-22)13-18-35/h5-12,15-16,19,21,35H,4,13-14,17-18,20,31H2,1-3H3. The lowest BCUT2D eigenvalue weighted by Gasteiger charge is -2.15. The van der Waals surface area contributed by atoms with E-state index in [1.165, 1.54) is 16.8 Å². The maximum absolute atomic E-state index is 9.46. The van der Waals surface area contributed by atoms with Gasteiger partial charge in [-0.3, -0.25) is 9.67 Å². The van der Waals surface area contributed by atoms with E-state index in [0.29, 0.717) is 32.0 Å². The van der Waals surface area contributed by atoms with Gasteiger partial charge < -0.3 is 15.6 Å². The molecule has 0 aliphatic rings. The number of hydrogen-bond acceptors (Lipinski definition) is 5. The van der Waals surface area contributed by atoms with Crippen molar-refractivity contribution in [3.05, 3.63) is 89.4 Å². The van der Waals surface area contributed by atoms with Gasteiger partial charge in [-0.15, -0.1) is 0 Å². The van der Waals surface area contributed by atoms with E-state index in [0.717, 1.165) is 40.1 Å². The van der Waals surface area contributed by atoms with Crippen LogP contribution >= 0.6 is 0 Å². The molecule has 2 aromatic carbocycles. The summed E-state index contributed by atoms with van der Waals surface area (Å²) in [6, 6.07) is 18.6. The number of hydrogen-bond donors (Lipinski definition) is 2. The van der Waals surface area contributed by atoms with Gasteiger partial charge in [0.05, 0.1) is 6.54 Å². The van der Waals surface area contributed by atoms with Crippen LogP contribution in [0.3, 0.4) is 0 Å². The van der Waals surface area contributed by atoms with Gasteiger partial charge in [0, 0.05) is 42.4 Å². The van der Waals surface area contributed by atoms with Crippen molar-refractivity contribution >= 4 is 0 Å². The number of rotatable bonds is 11. The van der Waals surface area contributed by atoms with Gasteiger partial charge in [0.15, 0.2) is 0 Å². The highest BCUT2D eigenvalue weighted by atomic mass is 16.5. The van der Waals surface area contributed by atoms with E-state index in [4.69, 9.17) is 15.6 Å². The predicted molar refractivity (Wildman–Crippen MR) is 145 cm³/mol. The van der Waals surface area contributed by atoms with Crippen molar-refractivity contribution in [2.24, 2.45) is 5.73 Å². The molecule has 36 heavy (non-hydrogen) atoms. The highest BCUT2D eigenvalue weighted by Gasteiger charge is 2.19. The molecule has 0 spiro atoms. The van der Waals surface area contributed by atoms with Gasteiger partial charge >= 0.3 is 0 Å². The van der Waals surface area contributed by atoms with E-state index < -0.39 is 0 Å². The molecule has 6 nitrogen and oxygen atoms in total. The second-order valence-corrected chi connectivity index (χ2v) is 9.25. The molecule has 6 heteroatoms. The Kier molecular flexibility index (Phi) is 8.52. The third-order valence-electron chi connectivity index (χ3n) is 6.45. The van der Waals surface area contributed by atoms with Crippen LogP contribution in [0, 0.1) is 0 Å². The average molecular weight is 485 g/mol. The maximum Gasteiger partial charge on any atom is 0.119 e. The minimum Gasteiger partial charge on any atom is -0.489 e. The molecule has 188 valence electrons. The Bertz CT molecular complexity index is 1260. The lowest BCUT2D eigenvalue weighted by Crippen LogP contribution is -2.13. The monoisotopic (exact) mass is 484 g/mol. The minimum absolute atomic E-state index is 0.147. The van der Waals surface area contributed by atoms with Crippen LogP contribution in [-0.4, -0.2) is 33.0 Å². The van der Waals surface area contributed by atoms with E-state index in [2.05, 4.69) is 56.1 Å². The normalized spacial score (nSPS) is 11.3. The van der Waals surface area contributed by atoms with Crippen LogP contribution in [0.15, 0.2) is 67.0 Å². The van der Waals surface area contributed by atoms with E-state index in [9.17, 15) is 5.11 Å². The van der Waals surface area contributed by atoms with Crippen molar-refractivity contribution < 1.29 is 9.84 Å². The van der Waals surface area contributed by atoms with Crippen molar-refractivity contribution in [1.29, 1.82) is 0 Å². The van der Waals surface area contributed by atoms with Crippen LogP contribution in [0.25, 0.3) is 22.4 Å². The molecule has 0 fully saturated rings. The average Bonchev–Trinajstić information content (AvgIpc) is 3.27. The molecule has 0 amide bonds. The van der Waals surface area contributed by atoms with E-state index in [1.54, 1.807) is 12.4 Å². The first-order valence-corrected chi connectivity index (χ1v) is 12.7. The van der Waals surface area contributed by atoms with Gasteiger partial charge in [-0.25, -0.2) is 0 Å². The summed E-state index contributed by atoms with van der Waals surface area (Å²) in [4.78, 5) is 4.16. The molecule has 0 saturated heterocycles. The summed E-state index contributed by atoms with van der Waals surface area (Å²) in [5, 5.41) is 14.4. The van der Waals surface area contributed by atoms with Crippen LogP contribution in [0.2, 0.25) is 0 Å². The third-order valence-corrected chi connectivity index (χ3v) is 6.45. The van der Waals surface area contributed by atoms with Crippen molar-refractivity contribution in [2.75, 3.05) is 13.2 Å². The molecule has 0 atom stereocenters. The summed E-state index contributed by atoms with van der Waals surface area (Å²) >= 11 is 0. The Morgan fingerprint density at radius 2 is 1.75 bits per heavy atom. The van der Waals surface area contributed by atoms with Gasteiger partial charge in [0.1, 0.15) is 18.1 Å². The summed E-state index contributed by atoms with van der Waals surface area (Å²) in [6.07, 6.45) is 5.11. The van der Waals surface area contributed by atoms with Crippen molar-refractivity contribution in [3.8, 4) is 28.1 Å². The predicted octanol–water partition coefficient (Wildman–Crippen LogP) is 5.37. The number of aromatic nitrogens is 3. The first-order valence-electron chi connectivity index (χ1n) is 12.7.